The summed E-state index contributed by atoms with van der Waals surface area (Å²) in [5.41, 5.74) is 13.3. The number of anilines is 1. The first-order valence-corrected chi connectivity index (χ1v) is 18.5. The van der Waals surface area contributed by atoms with Crippen LogP contribution in [0.1, 0.15) is 11.3 Å². The number of furan rings is 1. The average Bonchev–Trinajstić information content (AvgIpc) is 3.87. The van der Waals surface area contributed by atoms with E-state index in [4.69, 9.17) is 15.6 Å². The molecule has 3 N–H and O–H groups in total. The van der Waals surface area contributed by atoms with E-state index in [0.29, 0.717) is 22.7 Å². The van der Waals surface area contributed by atoms with Gasteiger partial charge in [0.05, 0.1) is 5.69 Å². The van der Waals surface area contributed by atoms with Gasteiger partial charge in [0.2, 0.25) is 0 Å². The van der Waals surface area contributed by atoms with E-state index in [1.165, 1.54) is 63.5 Å². The summed E-state index contributed by atoms with van der Waals surface area (Å²) in [5.74, 6) is 0.420. The van der Waals surface area contributed by atoms with Crippen molar-refractivity contribution in [3.05, 3.63) is 175 Å². The predicted molar refractivity (Wildman–Crippen MR) is 227 cm³/mol. The topological polar surface area (TPSA) is 67.9 Å². The normalized spacial score (nSPS) is 11.6. The van der Waals surface area contributed by atoms with Crippen LogP contribution in [0.5, 0.6) is 0 Å². The van der Waals surface area contributed by atoms with Crippen LogP contribution in [0, 0.1) is 5.41 Å². The smallest absolute Gasteiger partial charge is 0.176 e. The van der Waals surface area contributed by atoms with Crippen LogP contribution in [-0.2, 0) is 7.05 Å². The molecule has 0 atom stereocenters. The molecule has 53 heavy (non-hydrogen) atoms. The van der Waals surface area contributed by atoms with Crippen molar-refractivity contribution in [2.24, 2.45) is 7.05 Å². The lowest BCUT2D eigenvalue weighted by Gasteiger charge is -2.08. The van der Waals surface area contributed by atoms with Crippen LogP contribution in [0.25, 0.3) is 85.6 Å². The molecule has 11 aromatic rings. The molecule has 0 spiro atoms. The van der Waals surface area contributed by atoms with Crippen molar-refractivity contribution in [3.63, 3.8) is 0 Å². The maximum absolute atomic E-state index is 8.45. The lowest BCUT2D eigenvalue weighted by Crippen LogP contribution is -2.03. The zero-order chi connectivity index (χ0) is 35.6. The van der Waals surface area contributed by atoms with Crippen molar-refractivity contribution in [2.75, 3.05) is 5.73 Å². The first-order valence-electron chi connectivity index (χ1n) is 17.7. The third kappa shape index (κ3) is 4.93. The van der Waals surface area contributed by atoms with Gasteiger partial charge in [0, 0.05) is 60.0 Å². The van der Waals surface area contributed by atoms with E-state index in [-0.39, 0.29) is 0 Å². The van der Waals surface area contributed by atoms with Crippen LogP contribution in [0.3, 0.4) is 0 Å². The highest BCUT2D eigenvalue weighted by atomic mass is 32.1. The molecule has 0 aliphatic carbocycles. The quantitative estimate of drug-likeness (QED) is 0.142. The number of hydrogen-bond acceptors (Lipinski definition) is 4. The minimum absolute atomic E-state index is 0.295. The van der Waals surface area contributed by atoms with Crippen molar-refractivity contribution < 1.29 is 4.42 Å². The van der Waals surface area contributed by atoms with Gasteiger partial charge in [-0.3, -0.25) is 5.41 Å². The molecule has 252 valence electrons. The van der Waals surface area contributed by atoms with Crippen LogP contribution >= 0.6 is 11.3 Å². The molecule has 0 saturated heterocycles. The van der Waals surface area contributed by atoms with Gasteiger partial charge in [0.15, 0.2) is 5.76 Å². The molecule has 3 heterocycles. The molecule has 5 heteroatoms. The summed E-state index contributed by atoms with van der Waals surface area (Å²) in [4.78, 5) is 0. The van der Waals surface area contributed by atoms with E-state index < -0.39 is 0 Å². The van der Waals surface area contributed by atoms with Crippen LogP contribution < -0.4 is 5.73 Å². The molecule has 0 aliphatic rings. The number of para-hydroxylation sites is 2. The van der Waals surface area contributed by atoms with Crippen molar-refractivity contribution in [3.8, 4) is 11.1 Å². The average molecular weight is 700 g/mol. The fraction of sp³-hybridized carbons (Fsp3) is 0.0208. The number of aryl methyl sites for hydroxylation is 1. The summed E-state index contributed by atoms with van der Waals surface area (Å²) < 4.78 is 10.8. The zero-order valence-corrected chi connectivity index (χ0v) is 29.7. The second-order valence-electron chi connectivity index (χ2n) is 13.5. The largest absolute Gasteiger partial charge is 0.452 e. The SMILES string of the molecule is Cn1c2ccccc2c2c3ccc4c(ccc5sc6ccccc6c54)c3ccc21.N=C(c1ccc(-c2ccccc2)cc1)c1oc2ccccc2c1N. The molecule has 0 saturated carbocycles. The monoisotopic (exact) mass is 699 g/mol. The van der Waals surface area contributed by atoms with E-state index >= 15 is 0 Å². The molecule has 8 aromatic carbocycles. The lowest BCUT2D eigenvalue weighted by atomic mass is 9.96. The number of nitrogen functional groups attached to an aromatic ring is 1. The fourth-order valence-electron chi connectivity index (χ4n) is 7.95. The maximum atomic E-state index is 8.45. The van der Waals surface area contributed by atoms with E-state index in [9.17, 15) is 0 Å². The second-order valence-corrected chi connectivity index (χ2v) is 14.6. The number of hydrogen-bond donors (Lipinski definition) is 2. The third-order valence-electron chi connectivity index (χ3n) is 10.6. The minimum atomic E-state index is 0.295. The first-order chi connectivity index (χ1) is 26.0. The summed E-state index contributed by atoms with van der Waals surface area (Å²) in [6, 6.07) is 57.0. The van der Waals surface area contributed by atoms with Crippen LogP contribution in [-0.4, -0.2) is 10.3 Å². The van der Waals surface area contributed by atoms with Crippen LogP contribution in [0.2, 0.25) is 0 Å². The lowest BCUT2D eigenvalue weighted by molar-refractivity contribution is 0.606. The number of nitrogens with zero attached hydrogens (tertiary/aromatic N) is 1. The molecular weight excluding hydrogens is 667 g/mol. The van der Waals surface area contributed by atoms with Gasteiger partial charge < -0.3 is 14.7 Å². The molecule has 0 fully saturated rings. The van der Waals surface area contributed by atoms with Gasteiger partial charge in [0.25, 0.3) is 0 Å². The number of fused-ring (bicyclic) bond motifs is 12. The zero-order valence-electron chi connectivity index (χ0n) is 28.9. The molecule has 11 rings (SSSR count). The summed E-state index contributed by atoms with van der Waals surface area (Å²) in [6.07, 6.45) is 0. The fourth-order valence-corrected chi connectivity index (χ4v) is 9.07. The van der Waals surface area contributed by atoms with Gasteiger partial charge in [-0.2, -0.15) is 0 Å². The van der Waals surface area contributed by atoms with E-state index in [0.717, 1.165) is 22.1 Å². The van der Waals surface area contributed by atoms with Crippen molar-refractivity contribution in [1.29, 1.82) is 5.41 Å². The van der Waals surface area contributed by atoms with Crippen molar-refractivity contribution >= 4 is 97.2 Å². The number of nitrogens with one attached hydrogen (secondary N) is 1. The Kier molecular flexibility index (Phi) is 7.17. The van der Waals surface area contributed by atoms with Gasteiger partial charge in [0.1, 0.15) is 11.3 Å². The van der Waals surface area contributed by atoms with Gasteiger partial charge in [-0.25, -0.2) is 0 Å². The van der Waals surface area contributed by atoms with E-state index in [2.05, 4.69) is 109 Å². The molecule has 3 aromatic heterocycles. The Morgan fingerprint density at radius 2 is 1.11 bits per heavy atom. The molecular formula is C48H33N3OS. The Bertz CT molecular complexity index is 3200. The highest BCUT2D eigenvalue weighted by Gasteiger charge is 2.17. The summed E-state index contributed by atoms with van der Waals surface area (Å²) in [6.45, 7) is 0. The van der Waals surface area contributed by atoms with Gasteiger partial charge >= 0.3 is 0 Å². The summed E-state index contributed by atoms with van der Waals surface area (Å²) in [5, 5.41) is 20.1. The summed E-state index contributed by atoms with van der Waals surface area (Å²) in [7, 11) is 2.17. The number of thiophene rings is 1. The number of rotatable bonds is 3. The minimum Gasteiger partial charge on any atom is -0.452 e. The van der Waals surface area contributed by atoms with Crippen LogP contribution in [0.4, 0.5) is 5.69 Å². The Morgan fingerprint density at radius 1 is 0.509 bits per heavy atom. The Labute approximate surface area is 309 Å². The van der Waals surface area contributed by atoms with Crippen molar-refractivity contribution in [1.82, 2.24) is 4.57 Å². The van der Waals surface area contributed by atoms with Gasteiger partial charge in [-0.1, -0.05) is 127 Å². The highest BCUT2D eigenvalue weighted by molar-refractivity contribution is 7.26. The van der Waals surface area contributed by atoms with E-state index in [1.807, 2.05) is 78.1 Å². The Morgan fingerprint density at radius 3 is 1.89 bits per heavy atom. The molecule has 0 bridgehead atoms. The first kappa shape index (κ1) is 31.1. The Balaban J connectivity index is 0.000000135. The predicted octanol–water partition coefficient (Wildman–Crippen LogP) is 13.1. The molecule has 0 amide bonds. The second kappa shape index (κ2) is 12.2. The summed E-state index contributed by atoms with van der Waals surface area (Å²) >= 11 is 1.89. The molecule has 0 radical (unpaired) electrons. The molecule has 0 unspecified atom stereocenters. The van der Waals surface area contributed by atoms with Crippen molar-refractivity contribution in [2.45, 2.75) is 0 Å². The Hall–Kier alpha value is -6.69. The number of benzene rings is 8. The number of aromatic nitrogens is 1. The third-order valence-corrected chi connectivity index (χ3v) is 11.7. The molecule has 4 nitrogen and oxygen atoms in total. The van der Waals surface area contributed by atoms with Gasteiger partial charge in [-0.05, 0) is 69.1 Å². The van der Waals surface area contributed by atoms with E-state index in [1.54, 1.807) is 0 Å². The van der Waals surface area contributed by atoms with Crippen LogP contribution in [0.15, 0.2) is 168 Å². The highest BCUT2D eigenvalue weighted by Crippen LogP contribution is 2.42. The maximum Gasteiger partial charge on any atom is 0.176 e. The van der Waals surface area contributed by atoms with Gasteiger partial charge in [-0.15, -0.1) is 11.3 Å². The number of nitrogens with two attached hydrogens (primary N) is 1. The molecule has 0 aliphatic heterocycles. The standard InChI is InChI=1S/C27H17NS.C21H16N2O/c1-28-22-8-4-2-6-20(22)26-18-10-11-19-17(16(18)12-14-23(26)28)13-15-25-27(19)21-7-3-5-9-24(21)29-25;22-19(21-20(23)17-8-4-5-9-18(17)24-21)16-12-10-15(11-13-16)14-6-2-1-3-7-14/h2-15H,1H3;1-13,22H,23H2.